The normalized spacial score (nSPS) is 20.4. The third kappa shape index (κ3) is 4.58. The smallest absolute Gasteiger partial charge is 0.191 e. The Balaban J connectivity index is 1.62. The van der Waals surface area contributed by atoms with Crippen LogP contribution in [0.4, 0.5) is 5.82 Å². The monoisotopic (exact) mass is 317 g/mol. The molecule has 3 rings (SSSR count). The van der Waals surface area contributed by atoms with Gasteiger partial charge in [0.1, 0.15) is 5.82 Å². The summed E-state index contributed by atoms with van der Waals surface area (Å²) in [6.07, 6.45) is 7.06. The molecule has 23 heavy (non-hydrogen) atoms. The van der Waals surface area contributed by atoms with Crippen LogP contribution in [0.5, 0.6) is 0 Å². The van der Waals surface area contributed by atoms with Crippen LogP contribution in [0.25, 0.3) is 0 Å². The number of aliphatic imine (C=N–C) groups is 1. The van der Waals surface area contributed by atoms with E-state index >= 15 is 0 Å². The number of pyridine rings is 1. The second kappa shape index (κ2) is 8.15. The molecule has 6 heteroatoms. The number of nitrogens with zero attached hydrogens (tertiary/aromatic N) is 4. The zero-order valence-corrected chi connectivity index (χ0v) is 13.8. The van der Waals surface area contributed by atoms with Crippen molar-refractivity contribution in [3.63, 3.8) is 0 Å². The lowest BCUT2D eigenvalue weighted by atomic mass is 10.2. The lowest BCUT2D eigenvalue weighted by Crippen LogP contribution is -2.44. The second-order valence-electron chi connectivity index (χ2n) is 6.20. The van der Waals surface area contributed by atoms with Gasteiger partial charge in [-0.2, -0.15) is 0 Å². The number of nitrogens with two attached hydrogens (primary N) is 1. The highest BCUT2D eigenvalue weighted by Gasteiger charge is 2.13. The van der Waals surface area contributed by atoms with Crippen LogP contribution in [0.3, 0.4) is 0 Å². The van der Waals surface area contributed by atoms with Crippen molar-refractivity contribution in [2.45, 2.75) is 32.2 Å². The summed E-state index contributed by atoms with van der Waals surface area (Å²) < 4.78 is 5.34. The van der Waals surface area contributed by atoms with Crippen LogP contribution in [0.1, 0.15) is 31.2 Å². The molecular weight excluding hydrogens is 290 g/mol. The summed E-state index contributed by atoms with van der Waals surface area (Å²) >= 11 is 0. The molecular formula is C17H27N5O. The number of anilines is 1. The summed E-state index contributed by atoms with van der Waals surface area (Å²) in [5.74, 6) is 1.69. The van der Waals surface area contributed by atoms with Gasteiger partial charge in [-0.15, -0.1) is 0 Å². The third-order valence-electron chi connectivity index (χ3n) is 4.50. The maximum Gasteiger partial charge on any atom is 0.191 e. The molecule has 0 atom stereocenters. The van der Waals surface area contributed by atoms with Crippen molar-refractivity contribution in [3.05, 3.63) is 23.9 Å². The van der Waals surface area contributed by atoms with Crippen molar-refractivity contribution in [3.8, 4) is 0 Å². The molecule has 2 aliphatic rings. The summed E-state index contributed by atoms with van der Waals surface area (Å²) in [5, 5.41) is 0. The van der Waals surface area contributed by atoms with Crippen LogP contribution in [-0.2, 0) is 11.3 Å². The van der Waals surface area contributed by atoms with E-state index in [0.717, 1.165) is 50.8 Å². The van der Waals surface area contributed by atoms with Gasteiger partial charge in [-0.25, -0.2) is 9.98 Å². The van der Waals surface area contributed by atoms with Crippen molar-refractivity contribution in [2.24, 2.45) is 10.7 Å². The van der Waals surface area contributed by atoms with E-state index in [2.05, 4.69) is 25.8 Å². The predicted octanol–water partition coefficient (Wildman–Crippen LogP) is 1.61. The van der Waals surface area contributed by atoms with Crippen molar-refractivity contribution < 1.29 is 4.74 Å². The minimum atomic E-state index is 0.604. The van der Waals surface area contributed by atoms with Crippen molar-refractivity contribution in [1.29, 1.82) is 0 Å². The van der Waals surface area contributed by atoms with Gasteiger partial charge in [0.05, 0.1) is 19.8 Å². The molecule has 1 aromatic heterocycles. The van der Waals surface area contributed by atoms with Crippen molar-refractivity contribution in [2.75, 3.05) is 44.3 Å². The van der Waals surface area contributed by atoms with Gasteiger partial charge < -0.3 is 20.3 Å². The van der Waals surface area contributed by atoms with Gasteiger partial charge in [-0.05, 0) is 30.5 Å². The second-order valence-corrected chi connectivity index (χ2v) is 6.20. The first kappa shape index (κ1) is 16.1. The van der Waals surface area contributed by atoms with Crippen LogP contribution in [0.2, 0.25) is 0 Å². The van der Waals surface area contributed by atoms with E-state index < -0.39 is 0 Å². The molecule has 2 fully saturated rings. The van der Waals surface area contributed by atoms with Gasteiger partial charge in [0.2, 0.25) is 0 Å². The minimum Gasteiger partial charge on any atom is -0.378 e. The molecule has 2 N–H and O–H groups in total. The molecule has 2 saturated heterocycles. The Kier molecular flexibility index (Phi) is 5.69. The molecule has 1 aromatic rings. The molecule has 0 radical (unpaired) electrons. The van der Waals surface area contributed by atoms with E-state index in [9.17, 15) is 0 Å². The fourth-order valence-corrected chi connectivity index (χ4v) is 3.10. The Labute approximate surface area is 138 Å². The van der Waals surface area contributed by atoms with E-state index in [4.69, 9.17) is 10.5 Å². The van der Waals surface area contributed by atoms with Crippen molar-refractivity contribution in [1.82, 2.24) is 9.88 Å². The maximum absolute atomic E-state index is 6.09. The summed E-state index contributed by atoms with van der Waals surface area (Å²) in [6, 6.07) is 4.18. The van der Waals surface area contributed by atoms with E-state index in [0.29, 0.717) is 12.5 Å². The maximum atomic E-state index is 6.09. The highest BCUT2D eigenvalue weighted by Crippen LogP contribution is 2.18. The molecule has 0 aliphatic carbocycles. The first-order valence-electron chi connectivity index (χ1n) is 8.65. The number of morpholine rings is 1. The zero-order valence-electron chi connectivity index (χ0n) is 13.8. The fraction of sp³-hybridized carbons (Fsp3) is 0.647. The van der Waals surface area contributed by atoms with Gasteiger partial charge in [0, 0.05) is 32.4 Å². The van der Waals surface area contributed by atoms with Gasteiger partial charge >= 0.3 is 0 Å². The summed E-state index contributed by atoms with van der Waals surface area (Å²) in [6.45, 7) is 5.92. The summed E-state index contributed by atoms with van der Waals surface area (Å²) in [7, 11) is 0. The van der Waals surface area contributed by atoms with Crippen LogP contribution in [0, 0.1) is 0 Å². The predicted molar refractivity (Wildman–Crippen MR) is 92.6 cm³/mol. The molecule has 0 bridgehead atoms. The van der Waals surface area contributed by atoms with E-state index in [-0.39, 0.29) is 0 Å². The first-order chi connectivity index (χ1) is 11.3. The number of hydrogen-bond donors (Lipinski definition) is 1. The Morgan fingerprint density at radius 3 is 2.61 bits per heavy atom. The van der Waals surface area contributed by atoms with Gasteiger partial charge in [-0.1, -0.05) is 12.8 Å². The van der Waals surface area contributed by atoms with E-state index in [1.165, 1.54) is 25.7 Å². The number of hydrogen-bond acceptors (Lipinski definition) is 4. The molecule has 0 spiro atoms. The number of aromatic nitrogens is 1. The van der Waals surface area contributed by atoms with Gasteiger partial charge in [0.25, 0.3) is 0 Å². The zero-order chi connectivity index (χ0) is 15.9. The highest BCUT2D eigenvalue weighted by atomic mass is 16.5. The summed E-state index contributed by atoms with van der Waals surface area (Å²) in [4.78, 5) is 13.6. The topological polar surface area (TPSA) is 67.0 Å². The molecule has 126 valence electrons. The minimum absolute atomic E-state index is 0.604. The lowest BCUT2D eigenvalue weighted by Gasteiger charge is -2.27. The quantitative estimate of drug-likeness (QED) is 0.678. The average Bonchev–Trinajstić information content (AvgIpc) is 2.90. The Morgan fingerprint density at radius 2 is 1.87 bits per heavy atom. The molecule has 2 aliphatic heterocycles. The van der Waals surface area contributed by atoms with E-state index in [1.807, 2.05) is 12.3 Å². The van der Waals surface area contributed by atoms with Gasteiger partial charge in [-0.3, -0.25) is 0 Å². The van der Waals surface area contributed by atoms with Crippen molar-refractivity contribution >= 4 is 11.8 Å². The SMILES string of the molecule is NC(=NCc1ccnc(N2CCCCCC2)c1)N1CCOCC1. The van der Waals surface area contributed by atoms with Crippen LogP contribution in [-0.4, -0.2) is 55.2 Å². The molecule has 6 nitrogen and oxygen atoms in total. The third-order valence-corrected chi connectivity index (χ3v) is 4.50. The number of guanidine groups is 1. The first-order valence-corrected chi connectivity index (χ1v) is 8.65. The summed E-state index contributed by atoms with van der Waals surface area (Å²) in [5.41, 5.74) is 7.25. The van der Waals surface area contributed by atoms with Crippen LogP contribution >= 0.6 is 0 Å². The number of ether oxygens (including phenoxy) is 1. The van der Waals surface area contributed by atoms with Crippen LogP contribution in [0.15, 0.2) is 23.3 Å². The lowest BCUT2D eigenvalue weighted by molar-refractivity contribution is 0.0674. The Bertz CT molecular complexity index is 519. The number of rotatable bonds is 3. The fourth-order valence-electron chi connectivity index (χ4n) is 3.10. The van der Waals surface area contributed by atoms with Gasteiger partial charge in [0.15, 0.2) is 5.96 Å². The Morgan fingerprint density at radius 1 is 1.13 bits per heavy atom. The standard InChI is InChI=1S/C17H27N5O/c18-17(22-9-11-23-12-10-22)20-14-15-5-6-19-16(13-15)21-7-3-1-2-4-8-21/h5-6,13H,1-4,7-12,14H2,(H2,18,20). The molecule has 0 amide bonds. The molecule has 3 heterocycles. The molecule has 0 unspecified atom stereocenters. The van der Waals surface area contributed by atoms with Crippen LogP contribution < -0.4 is 10.6 Å². The Hall–Kier alpha value is -1.82. The molecule has 0 saturated carbocycles. The highest BCUT2D eigenvalue weighted by molar-refractivity contribution is 5.78. The molecule has 0 aromatic carbocycles. The van der Waals surface area contributed by atoms with E-state index in [1.54, 1.807) is 0 Å². The average molecular weight is 317 g/mol. The largest absolute Gasteiger partial charge is 0.378 e.